The fraction of sp³-hybridized carbons (Fsp3) is 0.500. The van der Waals surface area contributed by atoms with Gasteiger partial charge in [-0.3, -0.25) is 0 Å². The summed E-state index contributed by atoms with van der Waals surface area (Å²) in [5, 5.41) is 4.80. The highest BCUT2D eigenvalue weighted by Crippen LogP contribution is 2.28. The van der Waals surface area contributed by atoms with Gasteiger partial charge >= 0.3 is 0 Å². The third kappa shape index (κ3) is 3.03. The van der Waals surface area contributed by atoms with Crippen LogP contribution in [0.1, 0.15) is 39.2 Å². The Morgan fingerprint density at radius 2 is 2.14 bits per heavy atom. The van der Waals surface area contributed by atoms with E-state index < -0.39 is 0 Å². The molecule has 0 spiro atoms. The summed E-state index contributed by atoms with van der Waals surface area (Å²) in [4.78, 5) is 7.34. The molecule has 3 nitrogen and oxygen atoms in total. The molecule has 0 amide bonds. The second-order valence-corrected chi connectivity index (χ2v) is 6.38. The van der Waals surface area contributed by atoms with Crippen LogP contribution in [-0.2, 0) is 6.54 Å². The van der Waals surface area contributed by atoms with Crippen LogP contribution in [0.3, 0.4) is 0 Å². The molecule has 1 atom stereocenters. The van der Waals surface area contributed by atoms with Crippen molar-refractivity contribution in [3.63, 3.8) is 0 Å². The molecule has 21 heavy (non-hydrogen) atoms. The topological polar surface area (TPSA) is 28.2 Å². The highest BCUT2D eigenvalue weighted by molar-refractivity contribution is 5.84. The first-order chi connectivity index (χ1) is 10.1. The molecule has 1 saturated heterocycles. The fourth-order valence-electron chi connectivity index (χ4n) is 3.11. The van der Waals surface area contributed by atoms with E-state index in [2.05, 4.69) is 61.3 Å². The number of nitrogens with zero attached hydrogens (tertiary/aromatic N) is 2. The summed E-state index contributed by atoms with van der Waals surface area (Å²) in [7, 11) is 0. The number of fused-ring (bicyclic) bond motifs is 1. The largest absolute Gasteiger partial charge is 0.354 e. The van der Waals surface area contributed by atoms with Crippen molar-refractivity contribution in [2.75, 3.05) is 11.4 Å². The average molecular weight is 283 g/mol. The van der Waals surface area contributed by atoms with Crippen LogP contribution in [0, 0.1) is 0 Å². The Kier molecular flexibility index (Phi) is 4.11. The highest BCUT2D eigenvalue weighted by Gasteiger charge is 2.22. The van der Waals surface area contributed by atoms with Crippen LogP contribution < -0.4 is 10.2 Å². The molecule has 3 rings (SSSR count). The predicted molar refractivity (Wildman–Crippen MR) is 89.8 cm³/mol. The van der Waals surface area contributed by atoms with Crippen molar-refractivity contribution in [2.45, 2.75) is 52.2 Å². The molecule has 1 aliphatic heterocycles. The van der Waals surface area contributed by atoms with Crippen LogP contribution in [0.4, 0.5) is 5.82 Å². The first-order valence-electron chi connectivity index (χ1n) is 8.04. The summed E-state index contributed by atoms with van der Waals surface area (Å²) in [5.74, 6) is 1.14. The zero-order valence-electron chi connectivity index (χ0n) is 13.3. The van der Waals surface area contributed by atoms with Crippen molar-refractivity contribution in [3.8, 4) is 0 Å². The number of rotatable bonds is 4. The Bertz CT molecular complexity index is 621. The van der Waals surface area contributed by atoms with Gasteiger partial charge in [-0.25, -0.2) is 4.98 Å². The Morgan fingerprint density at radius 3 is 2.86 bits per heavy atom. The molecule has 1 N–H and O–H groups in total. The van der Waals surface area contributed by atoms with Crippen LogP contribution in [-0.4, -0.2) is 23.6 Å². The summed E-state index contributed by atoms with van der Waals surface area (Å²) in [5.41, 5.74) is 2.46. The van der Waals surface area contributed by atoms with Gasteiger partial charge in [0, 0.05) is 30.6 Å². The fourth-order valence-corrected chi connectivity index (χ4v) is 3.11. The third-order valence-electron chi connectivity index (χ3n) is 4.34. The van der Waals surface area contributed by atoms with E-state index in [0.29, 0.717) is 12.1 Å². The monoisotopic (exact) mass is 283 g/mol. The summed E-state index contributed by atoms with van der Waals surface area (Å²) >= 11 is 0. The number of hydrogen-bond donors (Lipinski definition) is 1. The molecule has 0 aliphatic carbocycles. The summed E-state index contributed by atoms with van der Waals surface area (Å²) < 4.78 is 0. The van der Waals surface area contributed by atoms with Crippen LogP contribution >= 0.6 is 0 Å². The van der Waals surface area contributed by atoms with Gasteiger partial charge in [-0.15, -0.1) is 0 Å². The van der Waals surface area contributed by atoms with E-state index in [1.54, 1.807) is 0 Å². The highest BCUT2D eigenvalue weighted by atomic mass is 15.2. The normalized spacial score (nSPS) is 18.9. The van der Waals surface area contributed by atoms with Crippen LogP contribution in [0.5, 0.6) is 0 Å². The second-order valence-electron chi connectivity index (χ2n) is 6.38. The molecule has 1 fully saturated rings. The predicted octanol–water partition coefficient (Wildman–Crippen LogP) is 3.72. The lowest BCUT2D eigenvalue weighted by Gasteiger charge is -2.24. The molecule has 0 bridgehead atoms. The standard InChI is InChI=1S/C18H25N3/c1-13(2)19-12-15-11-18(21-10-6-7-14(21)3)20-17-9-5-4-8-16(15)17/h4-5,8-9,11,13-14,19H,6-7,10,12H2,1-3H3. The lowest BCUT2D eigenvalue weighted by Crippen LogP contribution is -2.28. The molecule has 1 aliphatic rings. The molecule has 2 aromatic rings. The van der Waals surface area contributed by atoms with Gasteiger partial charge in [-0.1, -0.05) is 32.0 Å². The van der Waals surface area contributed by atoms with Gasteiger partial charge in [-0.05, 0) is 37.5 Å². The zero-order valence-corrected chi connectivity index (χ0v) is 13.3. The molecule has 1 aromatic heterocycles. The van der Waals surface area contributed by atoms with Gasteiger partial charge in [-0.2, -0.15) is 0 Å². The minimum Gasteiger partial charge on any atom is -0.354 e. The third-order valence-corrected chi connectivity index (χ3v) is 4.34. The Morgan fingerprint density at radius 1 is 1.33 bits per heavy atom. The van der Waals surface area contributed by atoms with Crippen LogP contribution in [0.25, 0.3) is 10.9 Å². The minimum atomic E-state index is 0.492. The Balaban J connectivity index is 2.01. The number of hydrogen-bond acceptors (Lipinski definition) is 3. The van der Waals surface area contributed by atoms with Gasteiger partial charge in [0.1, 0.15) is 5.82 Å². The lowest BCUT2D eigenvalue weighted by molar-refractivity contribution is 0.590. The van der Waals surface area contributed by atoms with Crippen molar-refractivity contribution in [1.82, 2.24) is 10.3 Å². The van der Waals surface area contributed by atoms with Gasteiger partial charge in [0.15, 0.2) is 0 Å². The molecule has 0 saturated carbocycles. The van der Waals surface area contributed by atoms with E-state index in [1.807, 2.05) is 0 Å². The Labute approximate surface area is 127 Å². The lowest BCUT2D eigenvalue weighted by atomic mass is 10.1. The molecule has 0 radical (unpaired) electrons. The van der Waals surface area contributed by atoms with Crippen molar-refractivity contribution in [3.05, 3.63) is 35.9 Å². The van der Waals surface area contributed by atoms with Gasteiger partial charge in [0.05, 0.1) is 5.52 Å². The molecule has 1 unspecified atom stereocenters. The van der Waals surface area contributed by atoms with E-state index in [0.717, 1.165) is 24.4 Å². The smallest absolute Gasteiger partial charge is 0.129 e. The van der Waals surface area contributed by atoms with E-state index in [1.165, 1.54) is 23.8 Å². The second kappa shape index (κ2) is 6.02. The number of pyridine rings is 1. The number of anilines is 1. The van der Waals surface area contributed by atoms with Gasteiger partial charge in [0.25, 0.3) is 0 Å². The molecule has 112 valence electrons. The van der Waals surface area contributed by atoms with E-state index >= 15 is 0 Å². The molecule has 2 heterocycles. The van der Waals surface area contributed by atoms with Crippen molar-refractivity contribution in [1.29, 1.82) is 0 Å². The number of para-hydroxylation sites is 1. The van der Waals surface area contributed by atoms with Crippen molar-refractivity contribution >= 4 is 16.7 Å². The molecule has 3 heteroatoms. The van der Waals surface area contributed by atoms with E-state index in [9.17, 15) is 0 Å². The SMILES string of the molecule is CC(C)NCc1cc(N2CCCC2C)nc2ccccc12. The van der Waals surface area contributed by atoms with Crippen molar-refractivity contribution < 1.29 is 0 Å². The number of aromatic nitrogens is 1. The average Bonchev–Trinajstić information content (AvgIpc) is 2.90. The first kappa shape index (κ1) is 14.3. The molecular weight excluding hydrogens is 258 g/mol. The maximum atomic E-state index is 4.89. The maximum Gasteiger partial charge on any atom is 0.129 e. The van der Waals surface area contributed by atoms with E-state index in [4.69, 9.17) is 4.98 Å². The number of nitrogens with one attached hydrogen (secondary N) is 1. The Hall–Kier alpha value is -1.61. The van der Waals surface area contributed by atoms with Crippen LogP contribution in [0.15, 0.2) is 30.3 Å². The quantitative estimate of drug-likeness (QED) is 0.927. The summed E-state index contributed by atoms with van der Waals surface area (Å²) in [6.45, 7) is 8.70. The van der Waals surface area contributed by atoms with Gasteiger partial charge < -0.3 is 10.2 Å². The van der Waals surface area contributed by atoms with Crippen molar-refractivity contribution in [2.24, 2.45) is 0 Å². The first-order valence-corrected chi connectivity index (χ1v) is 8.04. The minimum absolute atomic E-state index is 0.492. The molecular formula is C18H25N3. The summed E-state index contributed by atoms with van der Waals surface area (Å²) in [6.07, 6.45) is 2.54. The molecule has 1 aromatic carbocycles. The van der Waals surface area contributed by atoms with Crippen LogP contribution in [0.2, 0.25) is 0 Å². The van der Waals surface area contributed by atoms with E-state index in [-0.39, 0.29) is 0 Å². The zero-order chi connectivity index (χ0) is 14.8. The summed E-state index contributed by atoms with van der Waals surface area (Å²) in [6, 6.07) is 11.8. The van der Waals surface area contributed by atoms with Gasteiger partial charge in [0.2, 0.25) is 0 Å². The number of benzene rings is 1. The maximum absolute atomic E-state index is 4.89.